The van der Waals surface area contributed by atoms with E-state index in [9.17, 15) is 9.59 Å². The highest BCUT2D eigenvalue weighted by molar-refractivity contribution is 5.84. The van der Waals surface area contributed by atoms with Crippen LogP contribution in [-0.2, 0) is 11.3 Å². The molecule has 2 aliphatic heterocycles. The van der Waals surface area contributed by atoms with Crippen LogP contribution in [0, 0.1) is 25.7 Å². The van der Waals surface area contributed by atoms with Gasteiger partial charge >= 0.3 is 0 Å². The summed E-state index contributed by atoms with van der Waals surface area (Å²) >= 11 is 0. The minimum atomic E-state index is -0.210. The summed E-state index contributed by atoms with van der Waals surface area (Å²) in [6.07, 6.45) is 0. The summed E-state index contributed by atoms with van der Waals surface area (Å²) in [5.41, 5.74) is 2.95. The third-order valence-corrected chi connectivity index (χ3v) is 6.73. The lowest BCUT2D eigenvalue weighted by Gasteiger charge is -2.29. The molecule has 2 aromatic carbocycles. The van der Waals surface area contributed by atoms with Crippen molar-refractivity contribution in [1.29, 1.82) is 0 Å². The molecular weight excluding hydrogens is 376 g/mol. The van der Waals surface area contributed by atoms with Crippen molar-refractivity contribution in [2.75, 3.05) is 19.6 Å². The van der Waals surface area contributed by atoms with Crippen molar-refractivity contribution in [3.05, 3.63) is 75.7 Å². The second kappa shape index (κ2) is 7.36. The Kier molecular flexibility index (Phi) is 4.66. The highest BCUT2D eigenvalue weighted by Crippen LogP contribution is 2.43. The van der Waals surface area contributed by atoms with Gasteiger partial charge in [0.05, 0.1) is 17.1 Å². The molecule has 30 heavy (non-hydrogen) atoms. The van der Waals surface area contributed by atoms with E-state index in [1.54, 1.807) is 6.07 Å². The second-order valence-electron chi connectivity index (χ2n) is 8.52. The number of hydrogen-bond acceptors (Lipinski definition) is 4. The molecule has 0 radical (unpaired) electrons. The van der Waals surface area contributed by atoms with Crippen LogP contribution < -0.4 is 10.9 Å². The molecule has 0 saturated carbocycles. The zero-order chi connectivity index (χ0) is 20.8. The number of nitrogens with one attached hydrogen (secondary N) is 1. The first-order valence-corrected chi connectivity index (χ1v) is 10.6. The van der Waals surface area contributed by atoms with Gasteiger partial charge in [-0.3, -0.25) is 9.59 Å². The standard InChI is InChI=1S/C24H26N4O2/c1-15-7-3-4-8-18(15)23-21-12-25-11-17(21)13-27(23)22(29)14-28-24(30)20-10-6-5-9-19(20)16(2)26-28/h3-10,17,21,23,25H,11-14H2,1-2H3/t17-,21-,23+/m0/s1. The van der Waals surface area contributed by atoms with E-state index in [4.69, 9.17) is 0 Å². The van der Waals surface area contributed by atoms with E-state index < -0.39 is 0 Å². The molecule has 2 fully saturated rings. The normalized spacial score (nSPS) is 23.1. The van der Waals surface area contributed by atoms with E-state index >= 15 is 0 Å². The second-order valence-corrected chi connectivity index (χ2v) is 8.52. The molecule has 1 N–H and O–H groups in total. The van der Waals surface area contributed by atoms with Gasteiger partial charge in [-0.1, -0.05) is 42.5 Å². The molecule has 3 atom stereocenters. The fraction of sp³-hybridized carbons (Fsp3) is 0.375. The van der Waals surface area contributed by atoms with Crippen LogP contribution in [0.1, 0.15) is 22.9 Å². The Balaban J connectivity index is 1.50. The molecule has 5 rings (SSSR count). The predicted octanol–water partition coefficient (Wildman–Crippen LogP) is 2.43. The van der Waals surface area contributed by atoms with Gasteiger partial charge in [0.25, 0.3) is 5.56 Å². The minimum absolute atomic E-state index is 0.0280. The molecule has 154 valence electrons. The number of aromatic nitrogens is 2. The summed E-state index contributed by atoms with van der Waals surface area (Å²) in [6, 6.07) is 15.8. The molecule has 6 nitrogen and oxygen atoms in total. The first-order valence-electron chi connectivity index (χ1n) is 10.6. The molecule has 0 spiro atoms. The average Bonchev–Trinajstić information content (AvgIpc) is 3.34. The maximum atomic E-state index is 13.4. The third-order valence-electron chi connectivity index (χ3n) is 6.73. The summed E-state index contributed by atoms with van der Waals surface area (Å²) in [5, 5.41) is 9.37. The zero-order valence-corrected chi connectivity index (χ0v) is 17.3. The van der Waals surface area contributed by atoms with E-state index in [0.717, 1.165) is 30.7 Å². The number of likely N-dealkylation sites (tertiary alicyclic amines) is 1. The number of aryl methyl sites for hydroxylation is 2. The molecule has 0 bridgehead atoms. The van der Waals surface area contributed by atoms with E-state index in [2.05, 4.69) is 29.5 Å². The number of carbonyl (C=O) groups excluding carboxylic acids is 1. The summed E-state index contributed by atoms with van der Waals surface area (Å²) in [6.45, 7) is 6.53. The van der Waals surface area contributed by atoms with Gasteiger partial charge < -0.3 is 10.2 Å². The lowest BCUT2D eigenvalue weighted by molar-refractivity contribution is -0.133. The van der Waals surface area contributed by atoms with Crippen molar-refractivity contribution < 1.29 is 4.79 Å². The van der Waals surface area contributed by atoms with E-state index in [1.165, 1.54) is 15.8 Å². The molecule has 2 saturated heterocycles. The topological polar surface area (TPSA) is 67.2 Å². The summed E-state index contributed by atoms with van der Waals surface area (Å²) in [4.78, 5) is 28.4. The van der Waals surface area contributed by atoms with E-state index in [0.29, 0.717) is 17.2 Å². The van der Waals surface area contributed by atoms with Gasteiger partial charge in [-0.05, 0) is 37.0 Å². The van der Waals surface area contributed by atoms with Crippen molar-refractivity contribution in [3.8, 4) is 0 Å². The van der Waals surface area contributed by atoms with E-state index in [-0.39, 0.29) is 24.1 Å². The number of benzene rings is 2. The maximum Gasteiger partial charge on any atom is 0.275 e. The smallest absolute Gasteiger partial charge is 0.275 e. The zero-order valence-electron chi connectivity index (χ0n) is 17.3. The lowest BCUT2D eigenvalue weighted by atomic mass is 9.87. The maximum absolute atomic E-state index is 13.4. The van der Waals surface area contributed by atoms with Crippen molar-refractivity contribution >= 4 is 16.7 Å². The highest BCUT2D eigenvalue weighted by atomic mass is 16.2. The number of fused-ring (bicyclic) bond motifs is 2. The number of carbonyl (C=O) groups is 1. The Labute approximate surface area is 175 Å². The summed E-state index contributed by atoms with van der Waals surface area (Å²) in [5.74, 6) is 0.807. The summed E-state index contributed by atoms with van der Waals surface area (Å²) < 4.78 is 1.33. The number of amides is 1. The molecular formula is C24H26N4O2. The first-order chi connectivity index (χ1) is 14.5. The van der Waals surface area contributed by atoms with Crippen molar-refractivity contribution in [2.45, 2.75) is 26.4 Å². The lowest BCUT2D eigenvalue weighted by Crippen LogP contribution is -2.39. The quantitative estimate of drug-likeness (QED) is 0.731. The largest absolute Gasteiger partial charge is 0.333 e. The molecule has 3 heterocycles. The van der Waals surface area contributed by atoms with Crippen LogP contribution in [0.25, 0.3) is 10.8 Å². The molecule has 0 unspecified atom stereocenters. The van der Waals surface area contributed by atoms with Gasteiger partial charge in [-0.25, -0.2) is 4.68 Å². The molecule has 0 aliphatic carbocycles. The van der Waals surface area contributed by atoms with Crippen LogP contribution in [-0.4, -0.2) is 40.2 Å². The number of nitrogens with zero attached hydrogens (tertiary/aromatic N) is 3. The van der Waals surface area contributed by atoms with Crippen molar-refractivity contribution in [1.82, 2.24) is 20.0 Å². The third kappa shape index (κ3) is 3.03. The monoisotopic (exact) mass is 402 g/mol. The molecule has 6 heteroatoms. The number of hydrogen-bond donors (Lipinski definition) is 1. The first kappa shape index (κ1) is 19.0. The molecule has 1 amide bonds. The van der Waals surface area contributed by atoms with Crippen LogP contribution in [0.3, 0.4) is 0 Å². The Morgan fingerprint density at radius 3 is 2.60 bits per heavy atom. The van der Waals surface area contributed by atoms with Gasteiger partial charge in [0.1, 0.15) is 6.54 Å². The van der Waals surface area contributed by atoms with Crippen molar-refractivity contribution in [2.24, 2.45) is 11.8 Å². The molecule has 1 aromatic heterocycles. The Hall–Kier alpha value is -2.99. The van der Waals surface area contributed by atoms with Gasteiger partial charge in [0.2, 0.25) is 5.91 Å². The van der Waals surface area contributed by atoms with Gasteiger partial charge in [-0.15, -0.1) is 0 Å². The van der Waals surface area contributed by atoms with Gasteiger partial charge in [0.15, 0.2) is 0 Å². The Morgan fingerprint density at radius 1 is 1.07 bits per heavy atom. The highest BCUT2D eigenvalue weighted by Gasteiger charge is 2.47. The molecule has 3 aromatic rings. The van der Waals surface area contributed by atoms with Crippen molar-refractivity contribution in [3.63, 3.8) is 0 Å². The average molecular weight is 402 g/mol. The predicted molar refractivity (Wildman–Crippen MR) is 116 cm³/mol. The SMILES string of the molecule is Cc1ccccc1[C@@H]1[C@H]2CNC[C@H]2CN1C(=O)Cn1nc(C)c2ccccc2c1=O. The van der Waals surface area contributed by atoms with Crippen LogP contribution in [0.15, 0.2) is 53.3 Å². The summed E-state index contributed by atoms with van der Waals surface area (Å²) in [7, 11) is 0. The minimum Gasteiger partial charge on any atom is -0.333 e. The van der Waals surface area contributed by atoms with E-state index in [1.807, 2.05) is 42.2 Å². The Bertz CT molecular complexity index is 1190. The van der Waals surface area contributed by atoms with Crippen LogP contribution in [0.5, 0.6) is 0 Å². The number of rotatable bonds is 3. The van der Waals surface area contributed by atoms with Gasteiger partial charge in [0, 0.05) is 30.9 Å². The van der Waals surface area contributed by atoms with Gasteiger partial charge in [-0.2, -0.15) is 5.10 Å². The van der Waals surface area contributed by atoms with Crippen LogP contribution >= 0.6 is 0 Å². The fourth-order valence-corrected chi connectivity index (χ4v) is 5.22. The molecule has 2 aliphatic rings. The Morgan fingerprint density at radius 2 is 1.80 bits per heavy atom. The van der Waals surface area contributed by atoms with Crippen LogP contribution in [0.4, 0.5) is 0 Å². The van der Waals surface area contributed by atoms with Crippen LogP contribution in [0.2, 0.25) is 0 Å². The fourth-order valence-electron chi connectivity index (χ4n) is 5.22.